The minimum Gasteiger partial charge on any atom is -0.166 e. The predicted octanol–water partition coefficient (Wildman–Crippen LogP) is 5.25. The number of hydrogen-bond donors (Lipinski definition) is 0. The maximum absolute atomic E-state index is 12.5. The van der Waals surface area contributed by atoms with Gasteiger partial charge in [-0.05, 0) is 28.1 Å². The molecule has 0 amide bonds. The lowest BCUT2D eigenvalue weighted by atomic mass is 10.1. The van der Waals surface area contributed by atoms with Gasteiger partial charge in [-0.25, -0.2) is 0 Å². The third-order valence-electron chi connectivity index (χ3n) is 1.68. The molecular formula is C8H2Br2F6. The van der Waals surface area contributed by atoms with E-state index >= 15 is 0 Å². The van der Waals surface area contributed by atoms with Gasteiger partial charge in [-0.15, -0.1) is 0 Å². The molecule has 8 heteroatoms. The van der Waals surface area contributed by atoms with Gasteiger partial charge in [-0.1, -0.05) is 15.9 Å². The van der Waals surface area contributed by atoms with Crippen molar-refractivity contribution in [3.05, 3.63) is 32.2 Å². The van der Waals surface area contributed by atoms with Crippen LogP contribution in [0.1, 0.15) is 11.1 Å². The van der Waals surface area contributed by atoms with Crippen LogP contribution in [0, 0.1) is 0 Å². The first-order valence-electron chi connectivity index (χ1n) is 3.67. The molecule has 1 aromatic carbocycles. The zero-order valence-electron chi connectivity index (χ0n) is 7.18. The summed E-state index contributed by atoms with van der Waals surface area (Å²) in [6, 6.07) is 1.29. The van der Waals surface area contributed by atoms with Crippen molar-refractivity contribution in [1.82, 2.24) is 0 Å². The molecule has 0 saturated carbocycles. The maximum Gasteiger partial charge on any atom is 0.418 e. The lowest BCUT2D eigenvalue weighted by Gasteiger charge is -2.16. The first kappa shape index (κ1) is 13.8. The van der Waals surface area contributed by atoms with Crippen LogP contribution in [-0.4, -0.2) is 0 Å². The molecule has 0 atom stereocenters. The van der Waals surface area contributed by atoms with E-state index in [4.69, 9.17) is 0 Å². The van der Waals surface area contributed by atoms with Gasteiger partial charge in [0.05, 0.1) is 11.1 Å². The lowest BCUT2D eigenvalue weighted by Crippen LogP contribution is -2.13. The molecule has 0 spiro atoms. The van der Waals surface area contributed by atoms with Crippen molar-refractivity contribution in [3.8, 4) is 0 Å². The van der Waals surface area contributed by atoms with E-state index in [0.717, 1.165) is 6.07 Å². The number of benzene rings is 1. The quantitative estimate of drug-likeness (QED) is 0.546. The smallest absolute Gasteiger partial charge is 0.166 e. The first-order valence-corrected chi connectivity index (χ1v) is 5.26. The number of alkyl halides is 6. The molecule has 0 saturated heterocycles. The Kier molecular flexibility index (Phi) is 3.64. The van der Waals surface area contributed by atoms with E-state index in [2.05, 4.69) is 31.9 Å². The molecule has 0 bridgehead atoms. The van der Waals surface area contributed by atoms with Crippen molar-refractivity contribution >= 4 is 31.9 Å². The molecule has 0 fully saturated rings. The van der Waals surface area contributed by atoms with Crippen LogP contribution in [0.2, 0.25) is 0 Å². The van der Waals surface area contributed by atoms with E-state index in [1.165, 1.54) is 0 Å². The summed E-state index contributed by atoms with van der Waals surface area (Å²) in [4.78, 5) is 0. The molecule has 90 valence electrons. The van der Waals surface area contributed by atoms with Crippen molar-refractivity contribution < 1.29 is 26.3 Å². The van der Waals surface area contributed by atoms with Gasteiger partial charge in [0.15, 0.2) is 0 Å². The number of hydrogen-bond acceptors (Lipinski definition) is 0. The van der Waals surface area contributed by atoms with Crippen molar-refractivity contribution in [2.45, 2.75) is 12.4 Å². The highest BCUT2D eigenvalue weighted by molar-refractivity contribution is 9.11. The summed E-state index contributed by atoms with van der Waals surface area (Å²) in [5, 5.41) is 0. The van der Waals surface area contributed by atoms with E-state index in [1.807, 2.05) is 0 Å². The second-order valence-electron chi connectivity index (χ2n) is 2.78. The number of halogens is 8. The van der Waals surface area contributed by atoms with Crippen LogP contribution >= 0.6 is 31.9 Å². The Bertz CT molecular complexity index is 406. The Balaban J connectivity index is 3.52. The summed E-state index contributed by atoms with van der Waals surface area (Å²) < 4.78 is 72.9. The highest BCUT2D eigenvalue weighted by Gasteiger charge is 2.41. The Morgan fingerprint density at radius 3 is 1.69 bits per heavy atom. The zero-order chi connectivity index (χ0) is 12.7. The highest BCUT2D eigenvalue weighted by atomic mass is 79.9. The van der Waals surface area contributed by atoms with Crippen LogP contribution < -0.4 is 0 Å². The summed E-state index contributed by atoms with van der Waals surface area (Å²) in [6.07, 6.45) is -9.70. The van der Waals surface area contributed by atoms with E-state index in [9.17, 15) is 26.3 Å². The van der Waals surface area contributed by atoms with Crippen molar-refractivity contribution in [2.75, 3.05) is 0 Å². The fourth-order valence-corrected chi connectivity index (χ4v) is 2.65. The van der Waals surface area contributed by atoms with Gasteiger partial charge in [0.25, 0.3) is 0 Å². The van der Waals surface area contributed by atoms with Crippen molar-refractivity contribution in [3.63, 3.8) is 0 Å². The fourth-order valence-electron chi connectivity index (χ4n) is 1.03. The second-order valence-corrected chi connectivity index (χ2v) is 4.43. The molecule has 0 aliphatic rings. The van der Waals surface area contributed by atoms with Crippen LogP contribution in [-0.2, 0) is 12.4 Å². The van der Waals surface area contributed by atoms with Crippen LogP contribution in [0.25, 0.3) is 0 Å². The third-order valence-corrected chi connectivity index (χ3v) is 3.16. The molecule has 16 heavy (non-hydrogen) atoms. The number of rotatable bonds is 0. The van der Waals surface area contributed by atoms with Gasteiger partial charge in [0.1, 0.15) is 0 Å². The molecule has 0 nitrogen and oxygen atoms in total. The molecule has 1 rings (SSSR count). The van der Waals surface area contributed by atoms with Crippen molar-refractivity contribution in [2.24, 2.45) is 0 Å². The van der Waals surface area contributed by atoms with Gasteiger partial charge in [-0.3, -0.25) is 0 Å². The van der Waals surface area contributed by atoms with E-state index in [1.54, 1.807) is 0 Å². The normalized spacial score (nSPS) is 13.0. The average molecular weight is 372 g/mol. The second kappa shape index (κ2) is 4.21. The van der Waals surface area contributed by atoms with E-state index in [-0.39, 0.29) is 0 Å². The van der Waals surface area contributed by atoms with Crippen LogP contribution in [0.15, 0.2) is 21.1 Å². The Morgan fingerprint density at radius 2 is 1.31 bits per heavy atom. The van der Waals surface area contributed by atoms with Gasteiger partial charge in [0, 0.05) is 8.95 Å². The molecular weight excluding hydrogens is 370 g/mol. The summed E-state index contributed by atoms with van der Waals surface area (Å²) in [5.41, 5.74) is -2.73. The summed E-state index contributed by atoms with van der Waals surface area (Å²) in [7, 11) is 0. The predicted molar refractivity (Wildman–Crippen MR) is 51.8 cm³/mol. The van der Waals surface area contributed by atoms with Gasteiger partial charge >= 0.3 is 12.4 Å². The molecule has 0 unspecified atom stereocenters. The Morgan fingerprint density at radius 1 is 0.812 bits per heavy atom. The molecule has 0 aliphatic heterocycles. The topological polar surface area (TPSA) is 0 Å². The Labute approximate surface area is 103 Å². The average Bonchev–Trinajstić information content (AvgIpc) is 1.97. The standard InChI is InChI=1S/C8H2Br2F6/c9-4-2-1-3(7(11,12)13)6(10)5(4)8(14,15)16/h1-2H. The van der Waals surface area contributed by atoms with Gasteiger partial charge in [0.2, 0.25) is 0 Å². The molecule has 0 N–H and O–H groups in total. The van der Waals surface area contributed by atoms with Gasteiger partial charge < -0.3 is 0 Å². The van der Waals surface area contributed by atoms with Crippen LogP contribution in [0.4, 0.5) is 26.3 Å². The maximum atomic E-state index is 12.5. The molecule has 1 aromatic rings. The van der Waals surface area contributed by atoms with E-state index in [0.29, 0.717) is 6.07 Å². The molecule has 0 heterocycles. The highest BCUT2D eigenvalue weighted by Crippen LogP contribution is 2.45. The first-order chi connectivity index (χ1) is 7.05. The molecule has 0 aromatic heterocycles. The van der Waals surface area contributed by atoms with Crippen LogP contribution in [0.3, 0.4) is 0 Å². The van der Waals surface area contributed by atoms with Crippen LogP contribution in [0.5, 0.6) is 0 Å². The summed E-state index contributed by atoms with van der Waals surface area (Å²) in [5.74, 6) is 0. The lowest BCUT2D eigenvalue weighted by molar-refractivity contribution is -0.144. The third kappa shape index (κ3) is 2.71. The monoisotopic (exact) mass is 370 g/mol. The molecule has 0 radical (unpaired) electrons. The van der Waals surface area contributed by atoms with E-state index < -0.39 is 32.4 Å². The van der Waals surface area contributed by atoms with Gasteiger partial charge in [-0.2, -0.15) is 26.3 Å². The van der Waals surface area contributed by atoms with Crippen molar-refractivity contribution in [1.29, 1.82) is 0 Å². The SMILES string of the molecule is FC(F)(F)c1ccc(Br)c(C(F)(F)F)c1Br. The minimum atomic E-state index is -4.86. The molecule has 0 aliphatic carbocycles. The Hall–Kier alpha value is -0.240. The fraction of sp³-hybridized carbons (Fsp3) is 0.250. The summed E-state index contributed by atoms with van der Waals surface area (Å²) in [6.45, 7) is 0. The zero-order valence-corrected chi connectivity index (χ0v) is 10.4. The minimum absolute atomic E-state index is 0.445. The summed E-state index contributed by atoms with van der Waals surface area (Å²) >= 11 is 4.90. The largest absolute Gasteiger partial charge is 0.418 e.